The van der Waals surface area contributed by atoms with Gasteiger partial charge in [-0.05, 0) is 29.7 Å². The second kappa shape index (κ2) is 11.4. The fraction of sp³-hybridized carbons (Fsp3) is 0.318. The highest BCUT2D eigenvalue weighted by molar-refractivity contribution is 5.85. The van der Waals surface area contributed by atoms with Crippen molar-refractivity contribution in [3.63, 3.8) is 0 Å². The number of amides is 1. The van der Waals surface area contributed by atoms with Gasteiger partial charge in [-0.15, -0.1) is 19.0 Å². The molecule has 2 atom stereocenters. The number of allylic oxidation sites excluding steroid dienone is 1. The molecule has 0 bridgehead atoms. The summed E-state index contributed by atoms with van der Waals surface area (Å²) in [6, 6.07) is 13.1. The molecule has 0 saturated heterocycles. The average molecular weight is 405 g/mol. The summed E-state index contributed by atoms with van der Waals surface area (Å²) in [5.41, 5.74) is 9.08. The van der Waals surface area contributed by atoms with Gasteiger partial charge in [0.1, 0.15) is 0 Å². The van der Waals surface area contributed by atoms with Crippen LogP contribution in [0.1, 0.15) is 29.7 Å². The van der Waals surface area contributed by atoms with E-state index in [-0.39, 0.29) is 30.3 Å². The van der Waals surface area contributed by atoms with E-state index in [0.29, 0.717) is 24.5 Å². The third-order valence-corrected chi connectivity index (χ3v) is 4.58. The Kier molecular flexibility index (Phi) is 9.56. The van der Waals surface area contributed by atoms with Crippen molar-refractivity contribution in [2.75, 3.05) is 14.2 Å². The molecule has 2 rings (SSSR count). The highest BCUT2D eigenvalue weighted by atomic mass is 35.5. The lowest BCUT2D eigenvalue weighted by Gasteiger charge is -2.20. The minimum absolute atomic E-state index is 0. The number of rotatable bonds is 9. The van der Waals surface area contributed by atoms with Crippen LogP contribution in [0.15, 0.2) is 55.1 Å². The van der Waals surface area contributed by atoms with Crippen molar-refractivity contribution in [3.8, 4) is 11.5 Å². The predicted octanol–water partition coefficient (Wildman–Crippen LogP) is 3.81. The molecule has 0 radical (unpaired) electrons. The van der Waals surface area contributed by atoms with Crippen molar-refractivity contribution in [3.05, 3.63) is 71.8 Å². The van der Waals surface area contributed by atoms with Crippen LogP contribution in [0.25, 0.3) is 0 Å². The molecule has 0 saturated carbocycles. The number of hydrogen-bond donors (Lipinski definition) is 2. The van der Waals surface area contributed by atoms with E-state index in [9.17, 15) is 4.79 Å². The fourth-order valence-corrected chi connectivity index (χ4v) is 2.99. The zero-order valence-electron chi connectivity index (χ0n) is 16.6. The van der Waals surface area contributed by atoms with Gasteiger partial charge in [-0.1, -0.05) is 43.3 Å². The monoisotopic (exact) mass is 404 g/mol. The van der Waals surface area contributed by atoms with Crippen molar-refractivity contribution >= 4 is 18.3 Å². The zero-order chi connectivity index (χ0) is 19.8. The van der Waals surface area contributed by atoms with Gasteiger partial charge in [0.2, 0.25) is 5.91 Å². The Bertz CT molecular complexity index is 781. The van der Waals surface area contributed by atoms with Crippen LogP contribution in [0.5, 0.6) is 11.5 Å². The van der Waals surface area contributed by atoms with Crippen molar-refractivity contribution in [2.45, 2.75) is 25.9 Å². The Morgan fingerprint density at radius 3 is 2.46 bits per heavy atom. The molecule has 0 aliphatic rings. The molecule has 2 unspecified atom stereocenters. The number of benzene rings is 2. The quantitative estimate of drug-likeness (QED) is 0.623. The fourth-order valence-electron chi connectivity index (χ4n) is 2.99. The van der Waals surface area contributed by atoms with Gasteiger partial charge in [0.05, 0.1) is 20.1 Å². The first-order chi connectivity index (χ1) is 13.0. The summed E-state index contributed by atoms with van der Waals surface area (Å²) < 4.78 is 10.9. The van der Waals surface area contributed by atoms with Crippen molar-refractivity contribution < 1.29 is 14.3 Å². The molecule has 0 heterocycles. The van der Waals surface area contributed by atoms with Crippen LogP contribution < -0.4 is 20.5 Å². The molecule has 0 aromatic heterocycles. The van der Waals surface area contributed by atoms with Crippen LogP contribution in [0.4, 0.5) is 0 Å². The van der Waals surface area contributed by atoms with Crippen molar-refractivity contribution in [1.82, 2.24) is 5.32 Å². The number of hydrogen-bond acceptors (Lipinski definition) is 4. The van der Waals surface area contributed by atoms with Gasteiger partial charge in [-0.2, -0.15) is 0 Å². The smallest absolute Gasteiger partial charge is 0.225 e. The predicted molar refractivity (Wildman–Crippen MR) is 115 cm³/mol. The van der Waals surface area contributed by atoms with E-state index in [1.807, 2.05) is 49.4 Å². The lowest BCUT2D eigenvalue weighted by atomic mass is 9.94. The molecule has 28 heavy (non-hydrogen) atoms. The van der Waals surface area contributed by atoms with E-state index in [0.717, 1.165) is 16.7 Å². The molecular formula is C22H29ClN2O3. The summed E-state index contributed by atoms with van der Waals surface area (Å²) in [6.07, 6.45) is 2.46. The third-order valence-electron chi connectivity index (χ3n) is 4.58. The maximum Gasteiger partial charge on any atom is 0.225 e. The molecule has 6 heteroatoms. The number of nitrogens with one attached hydrogen (secondary N) is 1. The molecule has 5 nitrogen and oxygen atoms in total. The maximum absolute atomic E-state index is 12.6. The van der Waals surface area contributed by atoms with Crippen molar-refractivity contribution in [1.29, 1.82) is 0 Å². The lowest BCUT2D eigenvalue weighted by molar-refractivity contribution is -0.125. The van der Waals surface area contributed by atoms with E-state index in [4.69, 9.17) is 15.2 Å². The van der Waals surface area contributed by atoms with Crippen LogP contribution in [-0.2, 0) is 17.8 Å². The molecule has 2 aromatic carbocycles. The van der Waals surface area contributed by atoms with Gasteiger partial charge in [0, 0.05) is 18.2 Å². The summed E-state index contributed by atoms with van der Waals surface area (Å²) in [6.45, 7) is 6.00. The minimum atomic E-state index is -0.354. The number of methoxy groups -OCH3 is 2. The molecule has 2 aromatic rings. The van der Waals surface area contributed by atoms with E-state index in [1.54, 1.807) is 20.3 Å². The Morgan fingerprint density at radius 2 is 1.89 bits per heavy atom. The van der Waals surface area contributed by atoms with Crippen LogP contribution >= 0.6 is 12.4 Å². The SMILES string of the molecule is C=CCc1cc(CNC(=O)C(C)C(N)c2ccccc2)cc(OC)c1OC.Cl. The Morgan fingerprint density at radius 1 is 1.21 bits per heavy atom. The third kappa shape index (κ3) is 5.75. The number of ether oxygens (including phenoxy) is 2. The normalized spacial score (nSPS) is 12.3. The average Bonchev–Trinajstić information content (AvgIpc) is 2.71. The molecule has 0 aliphatic heterocycles. The first kappa shape index (κ1) is 23.5. The van der Waals surface area contributed by atoms with Gasteiger partial charge in [-0.3, -0.25) is 4.79 Å². The largest absolute Gasteiger partial charge is 0.493 e. The number of halogens is 1. The summed E-state index contributed by atoms with van der Waals surface area (Å²) in [5, 5.41) is 2.97. The number of carbonyl (C=O) groups excluding carboxylic acids is 1. The second-order valence-electron chi connectivity index (χ2n) is 6.43. The van der Waals surface area contributed by atoms with Gasteiger partial charge < -0.3 is 20.5 Å². The van der Waals surface area contributed by atoms with Crippen LogP contribution in [-0.4, -0.2) is 20.1 Å². The molecule has 0 aliphatic carbocycles. The van der Waals surface area contributed by atoms with E-state index in [2.05, 4.69) is 11.9 Å². The molecule has 3 N–H and O–H groups in total. The van der Waals surface area contributed by atoms with Crippen LogP contribution in [0.2, 0.25) is 0 Å². The molecule has 1 amide bonds. The second-order valence-corrected chi connectivity index (χ2v) is 6.43. The van der Waals surface area contributed by atoms with Gasteiger partial charge in [-0.25, -0.2) is 0 Å². The van der Waals surface area contributed by atoms with Gasteiger partial charge >= 0.3 is 0 Å². The standard InChI is InChI=1S/C22H28N2O3.ClH/c1-5-9-18-12-16(13-19(26-3)21(18)27-4)14-24-22(25)15(2)20(23)17-10-7-6-8-11-17;/h5-8,10-13,15,20H,1,9,14,23H2,2-4H3,(H,24,25);1H. The highest BCUT2D eigenvalue weighted by Crippen LogP contribution is 2.33. The van der Waals surface area contributed by atoms with Crippen LogP contribution in [0, 0.1) is 5.92 Å². The molecular weight excluding hydrogens is 376 g/mol. The van der Waals surface area contributed by atoms with Crippen LogP contribution in [0.3, 0.4) is 0 Å². The first-order valence-corrected chi connectivity index (χ1v) is 8.94. The summed E-state index contributed by atoms with van der Waals surface area (Å²) in [7, 11) is 3.21. The van der Waals surface area contributed by atoms with Gasteiger partial charge in [0.25, 0.3) is 0 Å². The minimum Gasteiger partial charge on any atom is -0.493 e. The molecule has 0 fully saturated rings. The highest BCUT2D eigenvalue weighted by Gasteiger charge is 2.22. The number of nitrogens with two attached hydrogens (primary N) is 1. The lowest BCUT2D eigenvalue weighted by Crippen LogP contribution is -2.35. The Hall–Kier alpha value is -2.50. The first-order valence-electron chi connectivity index (χ1n) is 8.94. The van der Waals surface area contributed by atoms with E-state index in [1.165, 1.54) is 0 Å². The summed E-state index contributed by atoms with van der Waals surface area (Å²) in [4.78, 5) is 12.6. The van der Waals surface area contributed by atoms with Gasteiger partial charge in [0.15, 0.2) is 11.5 Å². The Labute approximate surface area is 173 Å². The number of carbonyl (C=O) groups is 1. The molecule has 0 spiro atoms. The van der Waals surface area contributed by atoms with Crippen molar-refractivity contribution in [2.24, 2.45) is 11.7 Å². The molecule has 152 valence electrons. The Balaban J connectivity index is 0.00000392. The van der Waals surface area contributed by atoms with E-state index >= 15 is 0 Å². The van der Waals surface area contributed by atoms with E-state index < -0.39 is 0 Å². The zero-order valence-corrected chi connectivity index (χ0v) is 17.4. The maximum atomic E-state index is 12.6. The summed E-state index contributed by atoms with van der Waals surface area (Å²) in [5.74, 6) is 0.883. The topological polar surface area (TPSA) is 73.6 Å². The summed E-state index contributed by atoms with van der Waals surface area (Å²) >= 11 is 0.